The predicted molar refractivity (Wildman–Crippen MR) is 82.1 cm³/mol. The van der Waals surface area contributed by atoms with Gasteiger partial charge < -0.3 is 25.0 Å². The van der Waals surface area contributed by atoms with Crippen LogP contribution in [0.5, 0.6) is 5.75 Å². The normalized spacial score (nSPS) is 17.2. The summed E-state index contributed by atoms with van der Waals surface area (Å²) in [7, 11) is 2.44. The molecule has 1 aliphatic rings. The number of hydrogen-bond donors (Lipinski definition) is 2. The Balaban J connectivity index is 1.95. The van der Waals surface area contributed by atoms with Crippen LogP contribution in [0.4, 0.5) is 24.1 Å². The fourth-order valence-electron chi connectivity index (χ4n) is 2.57. The monoisotopic (exact) mass is 343 g/mol. The van der Waals surface area contributed by atoms with Crippen LogP contribution in [0.3, 0.4) is 0 Å². The Kier molecular flexibility index (Phi) is 5.78. The van der Waals surface area contributed by atoms with Gasteiger partial charge in [0.1, 0.15) is 0 Å². The highest BCUT2D eigenvalue weighted by Crippen LogP contribution is 2.25. The first-order valence-corrected chi connectivity index (χ1v) is 7.38. The summed E-state index contributed by atoms with van der Waals surface area (Å²) < 4.78 is 36.4. The summed E-state index contributed by atoms with van der Waals surface area (Å²) in [5, 5.41) is 5.03. The minimum absolute atomic E-state index is 0.0380. The van der Waals surface area contributed by atoms with Gasteiger partial charge in [-0.05, 0) is 12.8 Å². The van der Waals surface area contributed by atoms with E-state index in [2.05, 4.69) is 20.1 Å². The van der Waals surface area contributed by atoms with Gasteiger partial charge in [0, 0.05) is 37.0 Å². The van der Waals surface area contributed by atoms with Gasteiger partial charge in [0.25, 0.3) is 0 Å². The Hall–Kier alpha value is -2.58. The number of ether oxygens (including phenoxy) is 2. The molecule has 2 N–H and O–H groups in total. The zero-order valence-electron chi connectivity index (χ0n) is 13.4. The number of piperidine rings is 1. The van der Waals surface area contributed by atoms with Crippen LogP contribution in [0.1, 0.15) is 12.8 Å². The maximum Gasteiger partial charge on any atom is 0.409 e. The number of carbonyl (C=O) groups excluding carboxylic acids is 2. The van der Waals surface area contributed by atoms with Crippen LogP contribution in [0.25, 0.3) is 0 Å². The third-order valence-electron chi connectivity index (χ3n) is 3.65. The average molecular weight is 343 g/mol. The molecule has 2 rings (SSSR count). The van der Waals surface area contributed by atoms with Crippen molar-refractivity contribution in [2.75, 3.05) is 32.6 Å². The Bertz CT molecular complexity index is 604. The van der Waals surface area contributed by atoms with Crippen LogP contribution in [0, 0.1) is 11.6 Å². The maximum atomic E-state index is 13.6. The molecule has 0 spiro atoms. The van der Waals surface area contributed by atoms with E-state index in [9.17, 15) is 18.4 Å². The van der Waals surface area contributed by atoms with Gasteiger partial charge in [-0.1, -0.05) is 0 Å². The molecule has 9 heteroatoms. The molecule has 24 heavy (non-hydrogen) atoms. The number of rotatable bonds is 3. The minimum atomic E-state index is -0.915. The summed E-state index contributed by atoms with van der Waals surface area (Å²) in [6.45, 7) is 0.868. The minimum Gasteiger partial charge on any atom is -0.491 e. The Morgan fingerprint density at radius 3 is 2.50 bits per heavy atom. The highest BCUT2D eigenvalue weighted by molar-refractivity contribution is 5.89. The van der Waals surface area contributed by atoms with Crippen LogP contribution in [-0.2, 0) is 4.74 Å². The summed E-state index contributed by atoms with van der Waals surface area (Å²) in [4.78, 5) is 25.0. The highest BCUT2D eigenvalue weighted by Gasteiger charge is 2.25. The first-order valence-electron chi connectivity index (χ1n) is 7.38. The number of anilines is 1. The quantitative estimate of drug-likeness (QED) is 0.883. The van der Waals surface area contributed by atoms with Crippen molar-refractivity contribution < 1.29 is 27.8 Å². The van der Waals surface area contributed by atoms with Crippen LogP contribution < -0.4 is 15.4 Å². The molecule has 1 fully saturated rings. The van der Waals surface area contributed by atoms with Gasteiger partial charge in [-0.2, -0.15) is 0 Å². The largest absolute Gasteiger partial charge is 0.491 e. The van der Waals surface area contributed by atoms with E-state index in [0.717, 1.165) is 19.2 Å². The van der Waals surface area contributed by atoms with Crippen molar-refractivity contribution in [1.29, 1.82) is 0 Å². The van der Waals surface area contributed by atoms with Crippen molar-refractivity contribution >= 4 is 17.8 Å². The first-order chi connectivity index (χ1) is 11.4. The van der Waals surface area contributed by atoms with Gasteiger partial charge in [0.15, 0.2) is 17.4 Å². The maximum absolute atomic E-state index is 13.6. The lowest BCUT2D eigenvalue weighted by molar-refractivity contribution is 0.108. The van der Waals surface area contributed by atoms with Crippen LogP contribution in [0.2, 0.25) is 0 Å². The van der Waals surface area contributed by atoms with Crippen molar-refractivity contribution in [2.24, 2.45) is 0 Å². The molecule has 0 saturated carbocycles. The lowest BCUT2D eigenvalue weighted by Crippen LogP contribution is -2.50. The Morgan fingerprint density at radius 2 is 1.92 bits per heavy atom. The number of amides is 3. The second kappa shape index (κ2) is 7.80. The lowest BCUT2D eigenvalue weighted by atomic mass is 10.1. The lowest BCUT2D eigenvalue weighted by Gasteiger charge is -2.32. The molecular formula is C15H19F2N3O4. The number of urea groups is 1. The molecule has 7 nitrogen and oxygen atoms in total. The second-order valence-electron chi connectivity index (χ2n) is 5.33. The van der Waals surface area contributed by atoms with E-state index in [-0.39, 0.29) is 11.7 Å². The molecule has 132 valence electrons. The van der Waals surface area contributed by atoms with Crippen LogP contribution in [0.15, 0.2) is 12.1 Å². The fraction of sp³-hybridized carbons (Fsp3) is 0.467. The zero-order chi connectivity index (χ0) is 17.7. The molecule has 3 amide bonds. The van der Waals surface area contributed by atoms with Crippen LogP contribution in [-0.4, -0.2) is 50.4 Å². The topological polar surface area (TPSA) is 79.9 Å². The Morgan fingerprint density at radius 1 is 1.25 bits per heavy atom. The number of carbonyl (C=O) groups is 2. The molecule has 1 atom stereocenters. The number of nitrogens with zero attached hydrogens (tertiary/aromatic N) is 1. The number of likely N-dealkylation sites (tertiary alicyclic amines) is 1. The molecule has 1 aromatic rings. The van der Waals surface area contributed by atoms with Gasteiger partial charge in [0.05, 0.1) is 14.2 Å². The zero-order valence-corrected chi connectivity index (χ0v) is 13.4. The Labute approximate surface area is 137 Å². The van der Waals surface area contributed by atoms with Gasteiger partial charge >= 0.3 is 12.1 Å². The molecule has 0 aliphatic carbocycles. The smallest absolute Gasteiger partial charge is 0.409 e. The van der Waals surface area contributed by atoms with E-state index in [1.54, 1.807) is 0 Å². The molecular weight excluding hydrogens is 324 g/mol. The van der Waals surface area contributed by atoms with E-state index in [4.69, 9.17) is 0 Å². The van der Waals surface area contributed by atoms with Crippen molar-refractivity contribution in [1.82, 2.24) is 10.2 Å². The number of halogens is 2. The SMILES string of the molecule is COC(=O)N1CCC[C@H](NC(=O)Nc2cc(F)c(OC)c(F)c2)C1. The predicted octanol–water partition coefficient (Wildman–Crippen LogP) is 2.33. The van der Waals surface area contributed by atoms with Crippen molar-refractivity contribution in [3.8, 4) is 5.75 Å². The van der Waals surface area contributed by atoms with E-state index < -0.39 is 29.5 Å². The second-order valence-corrected chi connectivity index (χ2v) is 5.33. The fourth-order valence-corrected chi connectivity index (χ4v) is 2.57. The summed E-state index contributed by atoms with van der Waals surface area (Å²) >= 11 is 0. The van der Waals surface area contributed by atoms with Crippen molar-refractivity contribution in [3.63, 3.8) is 0 Å². The summed E-state index contributed by atoms with van der Waals surface area (Å²) in [5.74, 6) is -2.34. The summed E-state index contributed by atoms with van der Waals surface area (Å²) in [5.41, 5.74) is -0.0380. The average Bonchev–Trinajstić information content (AvgIpc) is 2.54. The molecule has 0 unspecified atom stereocenters. The van der Waals surface area contributed by atoms with E-state index >= 15 is 0 Å². The summed E-state index contributed by atoms with van der Waals surface area (Å²) in [6, 6.07) is 1.04. The third kappa shape index (κ3) is 4.24. The van der Waals surface area contributed by atoms with Crippen LogP contribution >= 0.6 is 0 Å². The van der Waals surface area contributed by atoms with Gasteiger partial charge in [-0.15, -0.1) is 0 Å². The van der Waals surface area contributed by atoms with Gasteiger partial charge in [-0.3, -0.25) is 0 Å². The summed E-state index contributed by atoms with van der Waals surface area (Å²) in [6.07, 6.45) is 0.944. The number of hydrogen-bond acceptors (Lipinski definition) is 4. The molecule has 1 heterocycles. The molecule has 1 saturated heterocycles. The standard InChI is InChI=1S/C15H19F2N3O4/c1-23-13-11(16)6-10(7-12(13)17)19-14(21)18-9-4-3-5-20(8-9)15(22)24-2/h6-7,9H,3-5,8H2,1-2H3,(H2,18,19,21)/t9-/m0/s1. The van der Waals surface area contributed by atoms with Gasteiger partial charge in [0.2, 0.25) is 0 Å². The van der Waals surface area contributed by atoms with Crippen molar-refractivity contribution in [2.45, 2.75) is 18.9 Å². The number of methoxy groups -OCH3 is 2. The molecule has 0 bridgehead atoms. The first kappa shape index (κ1) is 17.8. The molecule has 1 aromatic carbocycles. The number of nitrogens with one attached hydrogen (secondary N) is 2. The number of benzene rings is 1. The van der Waals surface area contributed by atoms with E-state index in [0.29, 0.717) is 25.9 Å². The van der Waals surface area contributed by atoms with E-state index in [1.165, 1.54) is 12.0 Å². The molecule has 1 aliphatic heterocycles. The van der Waals surface area contributed by atoms with Gasteiger partial charge in [-0.25, -0.2) is 18.4 Å². The van der Waals surface area contributed by atoms with E-state index in [1.807, 2.05) is 0 Å². The molecule has 0 radical (unpaired) electrons. The van der Waals surface area contributed by atoms with Crippen molar-refractivity contribution in [3.05, 3.63) is 23.8 Å². The molecule has 0 aromatic heterocycles. The third-order valence-corrected chi connectivity index (χ3v) is 3.65. The highest BCUT2D eigenvalue weighted by atomic mass is 19.1.